The first kappa shape index (κ1) is 14.8. The number of carbonyl (C=O) groups excluding carboxylic acids is 1. The molecule has 1 N–H and O–H groups in total. The van der Waals surface area contributed by atoms with Crippen LogP contribution in [0.4, 0.5) is 5.69 Å². The number of amides is 1. The van der Waals surface area contributed by atoms with Crippen molar-refractivity contribution in [1.82, 2.24) is 9.78 Å². The molecule has 3 aromatic rings. The minimum atomic E-state index is -0.0647. The highest BCUT2D eigenvalue weighted by Gasteiger charge is 2.05. The predicted molar refractivity (Wildman–Crippen MR) is 88.9 cm³/mol. The predicted octanol–water partition coefficient (Wildman–Crippen LogP) is 3.06. The summed E-state index contributed by atoms with van der Waals surface area (Å²) in [7, 11) is 1.61. The zero-order valence-corrected chi connectivity index (χ0v) is 12.8. The van der Waals surface area contributed by atoms with E-state index in [0.717, 1.165) is 22.7 Å². The number of aromatic nitrogens is 2. The van der Waals surface area contributed by atoms with Crippen molar-refractivity contribution in [3.8, 4) is 11.4 Å². The highest BCUT2D eigenvalue weighted by molar-refractivity contribution is 5.92. The number of ether oxygens (including phenoxy) is 1. The van der Waals surface area contributed by atoms with Crippen molar-refractivity contribution in [3.63, 3.8) is 0 Å². The number of methoxy groups -OCH3 is 1. The van der Waals surface area contributed by atoms with E-state index in [0.29, 0.717) is 6.42 Å². The Balaban J connectivity index is 1.63. The molecule has 1 heterocycles. The molecular weight excluding hydrogens is 290 g/mol. The number of hydrogen-bond acceptors (Lipinski definition) is 3. The molecule has 0 aliphatic carbocycles. The molecule has 0 aliphatic heterocycles. The lowest BCUT2D eigenvalue weighted by molar-refractivity contribution is -0.115. The molecule has 0 atom stereocenters. The topological polar surface area (TPSA) is 56.1 Å². The summed E-state index contributed by atoms with van der Waals surface area (Å²) in [6.07, 6.45) is 3.90. The Morgan fingerprint density at radius 1 is 1.17 bits per heavy atom. The summed E-state index contributed by atoms with van der Waals surface area (Å²) in [4.78, 5) is 12.1. The van der Waals surface area contributed by atoms with Gasteiger partial charge in [0.25, 0.3) is 0 Å². The fraction of sp³-hybridized carbons (Fsp3) is 0.111. The molecule has 2 aromatic carbocycles. The van der Waals surface area contributed by atoms with Gasteiger partial charge in [-0.2, -0.15) is 5.10 Å². The molecule has 0 spiro atoms. The Bertz CT molecular complexity index is 780. The van der Waals surface area contributed by atoms with Crippen molar-refractivity contribution < 1.29 is 9.53 Å². The second kappa shape index (κ2) is 6.79. The maximum atomic E-state index is 12.1. The lowest BCUT2D eigenvalue weighted by atomic mass is 10.1. The average molecular weight is 307 g/mol. The minimum Gasteiger partial charge on any atom is -0.497 e. The van der Waals surface area contributed by atoms with Crippen LogP contribution in [0.15, 0.2) is 67.0 Å². The average Bonchev–Trinajstić information content (AvgIpc) is 3.10. The first-order valence-corrected chi connectivity index (χ1v) is 7.27. The zero-order valence-electron chi connectivity index (χ0n) is 12.8. The van der Waals surface area contributed by atoms with Gasteiger partial charge in [0.2, 0.25) is 5.91 Å². The Labute approximate surface area is 134 Å². The number of nitrogens with one attached hydrogen (secondary N) is 1. The van der Waals surface area contributed by atoms with E-state index in [1.165, 1.54) is 0 Å². The van der Waals surface area contributed by atoms with Gasteiger partial charge < -0.3 is 10.1 Å². The molecule has 5 nitrogen and oxygen atoms in total. The van der Waals surface area contributed by atoms with E-state index in [1.54, 1.807) is 18.0 Å². The van der Waals surface area contributed by atoms with Crippen LogP contribution in [0.2, 0.25) is 0 Å². The highest BCUT2D eigenvalue weighted by atomic mass is 16.5. The molecule has 0 fully saturated rings. The number of nitrogens with zero attached hydrogens (tertiary/aromatic N) is 2. The zero-order chi connectivity index (χ0) is 16.1. The molecule has 23 heavy (non-hydrogen) atoms. The maximum absolute atomic E-state index is 12.1. The highest BCUT2D eigenvalue weighted by Crippen LogP contribution is 2.15. The molecule has 5 heteroatoms. The molecule has 0 aliphatic rings. The van der Waals surface area contributed by atoms with Crippen molar-refractivity contribution in [1.29, 1.82) is 0 Å². The smallest absolute Gasteiger partial charge is 0.228 e. The van der Waals surface area contributed by atoms with Crippen LogP contribution in [0.3, 0.4) is 0 Å². The summed E-state index contributed by atoms with van der Waals surface area (Å²) in [5.41, 5.74) is 2.62. The summed E-state index contributed by atoms with van der Waals surface area (Å²) in [6, 6.07) is 16.9. The third-order valence-corrected chi connectivity index (χ3v) is 3.42. The molecule has 0 saturated carbocycles. The van der Waals surface area contributed by atoms with E-state index in [9.17, 15) is 4.79 Å². The number of benzene rings is 2. The normalized spacial score (nSPS) is 10.3. The van der Waals surface area contributed by atoms with E-state index in [4.69, 9.17) is 4.74 Å². The lowest BCUT2D eigenvalue weighted by Crippen LogP contribution is -2.14. The number of hydrogen-bond donors (Lipinski definition) is 1. The lowest BCUT2D eigenvalue weighted by Gasteiger charge is -2.08. The molecule has 1 aromatic heterocycles. The van der Waals surface area contributed by atoms with Gasteiger partial charge in [-0.3, -0.25) is 4.79 Å². The van der Waals surface area contributed by atoms with Crippen molar-refractivity contribution in [2.45, 2.75) is 6.42 Å². The molecule has 0 radical (unpaired) electrons. The van der Waals surface area contributed by atoms with Crippen LogP contribution >= 0.6 is 0 Å². The van der Waals surface area contributed by atoms with E-state index < -0.39 is 0 Å². The van der Waals surface area contributed by atoms with Gasteiger partial charge in [0.05, 0.1) is 19.2 Å². The first-order valence-electron chi connectivity index (χ1n) is 7.27. The van der Waals surface area contributed by atoms with E-state index in [-0.39, 0.29) is 5.91 Å². The van der Waals surface area contributed by atoms with Crippen LogP contribution in [0.5, 0.6) is 5.75 Å². The van der Waals surface area contributed by atoms with Gasteiger partial charge >= 0.3 is 0 Å². The van der Waals surface area contributed by atoms with Gasteiger partial charge in [-0.25, -0.2) is 4.68 Å². The van der Waals surface area contributed by atoms with E-state index in [2.05, 4.69) is 10.4 Å². The molecule has 0 saturated heterocycles. The summed E-state index contributed by atoms with van der Waals surface area (Å²) < 4.78 is 6.93. The second-order valence-corrected chi connectivity index (χ2v) is 5.07. The second-order valence-electron chi connectivity index (χ2n) is 5.07. The van der Waals surface area contributed by atoms with Crippen LogP contribution in [0.1, 0.15) is 5.56 Å². The Morgan fingerprint density at radius 3 is 2.70 bits per heavy atom. The summed E-state index contributed by atoms with van der Waals surface area (Å²) in [5, 5.41) is 7.06. The number of anilines is 1. The van der Waals surface area contributed by atoms with Crippen LogP contribution in [-0.2, 0) is 11.2 Å². The van der Waals surface area contributed by atoms with Gasteiger partial charge in [-0.15, -0.1) is 0 Å². The third-order valence-electron chi connectivity index (χ3n) is 3.42. The first-order chi connectivity index (χ1) is 11.2. The Kier molecular flexibility index (Phi) is 4.38. The van der Waals surface area contributed by atoms with Crippen molar-refractivity contribution in [2.75, 3.05) is 12.4 Å². The van der Waals surface area contributed by atoms with Gasteiger partial charge in [0.1, 0.15) is 5.75 Å². The molecule has 0 unspecified atom stereocenters. The third kappa shape index (κ3) is 3.77. The SMILES string of the molecule is COc1cccc(CC(=O)Nc2ccc(-n3cccn3)cc2)c1. The van der Waals surface area contributed by atoms with Gasteiger partial charge in [-0.05, 0) is 48.0 Å². The van der Waals surface area contributed by atoms with Crippen molar-refractivity contribution in [2.24, 2.45) is 0 Å². The van der Waals surface area contributed by atoms with Crippen LogP contribution < -0.4 is 10.1 Å². The molecule has 0 bridgehead atoms. The fourth-order valence-corrected chi connectivity index (χ4v) is 2.29. The largest absolute Gasteiger partial charge is 0.497 e. The monoisotopic (exact) mass is 307 g/mol. The Hall–Kier alpha value is -3.08. The minimum absolute atomic E-state index is 0.0647. The van der Waals surface area contributed by atoms with Crippen molar-refractivity contribution in [3.05, 3.63) is 72.6 Å². The molecular formula is C18H17N3O2. The Morgan fingerprint density at radius 2 is 2.00 bits per heavy atom. The van der Waals surface area contributed by atoms with Crippen LogP contribution in [0.25, 0.3) is 5.69 Å². The standard InChI is InChI=1S/C18H17N3O2/c1-23-17-5-2-4-14(12-17)13-18(22)20-15-6-8-16(9-7-15)21-11-3-10-19-21/h2-12H,13H2,1H3,(H,20,22). The van der Waals surface area contributed by atoms with E-state index >= 15 is 0 Å². The molecule has 3 rings (SSSR count). The quantitative estimate of drug-likeness (QED) is 0.788. The fourth-order valence-electron chi connectivity index (χ4n) is 2.29. The van der Waals surface area contributed by atoms with Gasteiger partial charge in [0, 0.05) is 18.1 Å². The number of rotatable bonds is 5. The summed E-state index contributed by atoms with van der Waals surface area (Å²) >= 11 is 0. The van der Waals surface area contributed by atoms with E-state index in [1.807, 2.05) is 60.8 Å². The van der Waals surface area contributed by atoms with Crippen LogP contribution in [0, 0.1) is 0 Å². The molecule has 1 amide bonds. The maximum Gasteiger partial charge on any atom is 0.228 e. The summed E-state index contributed by atoms with van der Waals surface area (Å²) in [5.74, 6) is 0.684. The number of carbonyl (C=O) groups is 1. The summed E-state index contributed by atoms with van der Waals surface area (Å²) in [6.45, 7) is 0. The van der Waals surface area contributed by atoms with Gasteiger partial charge in [-0.1, -0.05) is 12.1 Å². The van der Waals surface area contributed by atoms with Crippen LogP contribution in [-0.4, -0.2) is 22.8 Å². The molecule has 116 valence electrons. The van der Waals surface area contributed by atoms with Gasteiger partial charge in [0.15, 0.2) is 0 Å². The van der Waals surface area contributed by atoms with Crippen molar-refractivity contribution >= 4 is 11.6 Å².